The summed E-state index contributed by atoms with van der Waals surface area (Å²) < 4.78 is 19.3. The molecule has 1 aliphatic heterocycles. The molecule has 0 radical (unpaired) electrons. The average Bonchev–Trinajstić information content (AvgIpc) is 2.77. The third-order valence-corrected chi connectivity index (χ3v) is 4.76. The number of carbonyl (C=O) groups excluding carboxylic acids is 2. The van der Waals surface area contributed by atoms with Crippen LogP contribution in [0.25, 0.3) is 0 Å². The monoisotopic (exact) mass is 458 g/mol. The lowest BCUT2D eigenvalue weighted by Gasteiger charge is -2.28. The first-order chi connectivity index (χ1) is 15.5. The van der Waals surface area contributed by atoms with Gasteiger partial charge in [0.05, 0.1) is 11.3 Å². The number of ether oxygens (including phenoxy) is 1. The summed E-state index contributed by atoms with van der Waals surface area (Å²) in [5, 5.41) is 22.9. The Morgan fingerprint density at radius 3 is 2.48 bits per heavy atom. The molecule has 33 heavy (non-hydrogen) atoms. The third kappa shape index (κ3) is 5.22. The summed E-state index contributed by atoms with van der Waals surface area (Å²) >= 11 is 0. The smallest absolute Gasteiger partial charge is 0.309 e. The molecule has 0 fully saturated rings. The second-order valence-corrected chi connectivity index (χ2v) is 7.91. The molecule has 2 heterocycles. The van der Waals surface area contributed by atoms with Gasteiger partial charge in [0.1, 0.15) is 18.2 Å². The maximum Gasteiger partial charge on any atom is 0.309 e. The van der Waals surface area contributed by atoms with Crippen LogP contribution in [0.5, 0.6) is 5.75 Å². The van der Waals surface area contributed by atoms with E-state index in [1.54, 1.807) is 20.8 Å². The van der Waals surface area contributed by atoms with Crippen LogP contribution in [0.3, 0.4) is 0 Å². The van der Waals surface area contributed by atoms with Crippen LogP contribution in [0.2, 0.25) is 0 Å². The highest BCUT2D eigenvalue weighted by Gasteiger charge is 2.33. The fraction of sp³-hybridized carbons (Fsp3) is 0.333. The molecule has 0 aliphatic carbocycles. The van der Waals surface area contributed by atoms with Crippen molar-refractivity contribution in [2.75, 3.05) is 6.61 Å². The second kappa shape index (κ2) is 9.18. The van der Waals surface area contributed by atoms with Gasteiger partial charge < -0.3 is 20.5 Å². The van der Waals surface area contributed by atoms with Crippen LogP contribution >= 0.6 is 0 Å². The Balaban J connectivity index is 1.86. The number of nitrogens with zero attached hydrogens (tertiary/aromatic N) is 4. The van der Waals surface area contributed by atoms with Gasteiger partial charge in [0.2, 0.25) is 5.75 Å². The molecule has 12 heteroatoms. The lowest BCUT2D eigenvalue weighted by atomic mass is 10.0. The molecule has 174 valence electrons. The third-order valence-electron chi connectivity index (χ3n) is 4.76. The molecule has 3 rings (SSSR count). The van der Waals surface area contributed by atoms with Crippen LogP contribution in [0.1, 0.15) is 42.6 Å². The number of aromatic hydroxyl groups is 1. The molecule has 3 N–H and O–H groups in total. The summed E-state index contributed by atoms with van der Waals surface area (Å²) in [5.74, 6) is -3.03. The predicted octanol–water partition coefficient (Wildman–Crippen LogP) is 0.711. The van der Waals surface area contributed by atoms with Crippen LogP contribution in [0, 0.1) is 5.82 Å². The van der Waals surface area contributed by atoms with E-state index in [1.165, 1.54) is 31.3 Å². The molecule has 0 saturated carbocycles. The molecular weight excluding hydrogens is 435 g/mol. The zero-order valence-corrected chi connectivity index (χ0v) is 18.5. The van der Waals surface area contributed by atoms with Gasteiger partial charge in [-0.2, -0.15) is 5.10 Å². The highest BCUT2D eigenvalue weighted by molar-refractivity contribution is 6.35. The molecule has 1 aliphatic rings. The molecule has 2 aromatic rings. The minimum Gasteiger partial charge on any atom is -0.501 e. The van der Waals surface area contributed by atoms with Crippen molar-refractivity contribution in [2.24, 2.45) is 17.3 Å². The quantitative estimate of drug-likeness (QED) is 0.581. The fourth-order valence-electron chi connectivity index (χ4n) is 3.04. The molecule has 2 amide bonds. The summed E-state index contributed by atoms with van der Waals surface area (Å²) in [6.07, 6.45) is 0. The van der Waals surface area contributed by atoms with Crippen LogP contribution < -0.4 is 16.2 Å². The van der Waals surface area contributed by atoms with E-state index in [2.05, 4.69) is 25.8 Å². The Kier molecular flexibility index (Phi) is 6.56. The Bertz CT molecular complexity index is 1220. The van der Waals surface area contributed by atoms with Crippen molar-refractivity contribution in [3.8, 4) is 5.75 Å². The Hall–Kier alpha value is -4.09. The minimum absolute atomic E-state index is 0.00155. The van der Waals surface area contributed by atoms with Crippen molar-refractivity contribution in [1.82, 2.24) is 20.2 Å². The Morgan fingerprint density at radius 2 is 1.88 bits per heavy atom. The molecule has 0 atom stereocenters. The minimum atomic E-state index is -1.27. The van der Waals surface area contributed by atoms with E-state index in [0.29, 0.717) is 11.3 Å². The highest BCUT2D eigenvalue weighted by atomic mass is 19.1. The van der Waals surface area contributed by atoms with E-state index in [-0.39, 0.29) is 24.9 Å². The molecule has 0 unspecified atom stereocenters. The number of hydrogen-bond acceptors (Lipinski definition) is 8. The first kappa shape index (κ1) is 23.6. The number of hydrogen-bond donors (Lipinski definition) is 3. The van der Waals surface area contributed by atoms with Crippen molar-refractivity contribution in [3.63, 3.8) is 0 Å². The van der Waals surface area contributed by atoms with Gasteiger partial charge in [0, 0.05) is 13.6 Å². The number of aromatic nitrogens is 2. The summed E-state index contributed by atoms with van der Waals surface area (Å²) in [5.41, 5.74) is -1.45. The van der Waals surface area contributed by atoms with Crippen molar-refractivity contribution < 1.29 is 23.8 Å². The standard InChI is InChI=1S/C21H23FN6O5/c1-11-10-33-18(27-26-11)17(31)25-21(2,3)20-24-14(15(29)19(32)28(20)4)16(30)23-9-12-5-7-13(22)8-6-12/h5-8,29H,9-10H2,1-4H3,(H,23,30)(H,25,31). The molecule has 0 bridgehead atoms. The van der Waals surface area contributed by atoms with E-state index in [1.807, 2.05) is 0 Å². The molecule has 1 aromatic carbocycles. The largest absolute Gasteiger partial charge is 0.501 e. The zero-order chi connectivity index (χ0) is 24.3. The van der Waals surface area contributed by atoms with Gasteiger partial charge >= 0.3 is 5.91 Å². The molecule has 0 saturated heterocycles. The van der Waals surface area contributed by atoms with E-state index in [4.69, 9.17) is 4.74 Å². The SMILES string of the molecule is CC1=NN=C(C(=O)NC(C)(C)c2nc(C(=O)NCc3ccc(F)cc3)c(O)c(=O)n2C)OC1. The topological polar surface area (TPSA) is 147 Å². The van der Waals surface area contributed by atoms with E-state index in [0.717, 1.165) is 4.57 Å². The van der Waals surface area contributed by atoms with Crippen LogP contribution in [-0.2, 0) is 28.7 Å². The maximum absolute atomic E-state index is 13.0. The fourth-order valence-corrected chi connectivity index (χ4v) is 3.04. The summed E-state index contributed by atoms with van der Waals surface area (Å²) in [6, 6.07) is 5.45. The van der Waals surface area contributed by atoms with Gasteiger partial charge in [-0.15, -0.1) is 5.10 Å². The van der Waals surface area contributed by atoms with Crippen LogP contribution in [0.15, 0.2) is 39.3 Å². The highest BCUT2D eigenvalue weighted by Crippen LogP contribution is 2.20. The van der Waals surface area contributed by atoms with E-state index in [9.17, 15) is 23.9 Å². The van der Waals surface area contributed by atoms with Gasteiger partial charge in [0.15, 0.2) is 5.69 Å². The first-order valence-corrected chi connectivity index (χ1v) is 9.89. The van der Waals surface area contributed by atoms with Crippen molar-refractivity contribution >= 4 is 23.4 Å². The van der Waals surface area contributed by atoms with Crippen LogP contribution in [-0.4, -0.2) is 44.7 Å². The number of benzene rings is 1. The second-order valence-electron chi connectivity index (χ2n) is 7.91. The molecular formula is C21H23FN6O5. The summed E-state index contributed by atoms with van der Waals surface area (Å²) in [6.45, 7) is 4.94. The lowest BCUT2D eigenvalue weighted by Crippen LogP contribution is -2.49. The van der Waals surface area contributed by atoms with E-state index >= 15 is 0 Å². The number of nitrogens with one attached hydrogen (secondary N) is 2. The zero-order valence-electron chi connectivity index (χ0n) is 18.5. The van der Waals surface area contributed by atoms with Crippen molar-refractivity contribution in [3.05, 3.63) is 57.5 Å². The van der Waals surface area contributed by atoms with E-state index < -0.39 is 40.2 Å². The Morgan fingerprint density at radius 1 is 1.21 bits per heavy atom. The number of halogens is 1. The average molecular weight is 458 g/mol. The van der Waals surface area contributed by atoms with Gasteiger partial charge in [-0.05, 0) is 38.5 Å². The number of amides is 2. The van der Waals surface area contributed by atoms with Gasteiger partial charge in [-0.1, -0.05) is 12.1 Å². The first-order valence-electron chi connectivity index (χ1n) is 9.89. The molecule has 11 nitrogen and oxygen atoms in total. The van der Waals surface area contributed by atoms with Gasteiger partial charge in [0.25, 0.3) is 17.4 Å². The van der Waals surface area contributed by atoms with Crippen LogP contribution in [0.4, 0.5) is 4.39 Å². The summed E-state index contributed by atoms with van der Waals surface area (Å²) in [4.78, 5) is 41.9. The lowest BCUT2D eigenvalue weighted by molar-refractivity contribution is -0.117. The van der Waals surface area contributed by atoms with Crippen molar-refractivity contribution in [2.45, 2.75) is 32.9 Å². The number of rotatable bonds is 6. The Labute approximate surface area is 188 Å². The molecule has 1 aromatic heterocycles. The van der Waals surface area contributed by atoms with Gasteiger partial charge in [-0.3, -0.25) is 19.0 Å². The number of carbonyl (C=O) groups is 2. The predicted molar refractivity (Wildman–Crippen MR) is 116 cm³/mol. The maximum atomic E-state index is 13.0. The van der Waals surface area contributed by atoms with Gasteiger partial charge in [-0.25, -0.2) is 9.37 Å². The normalized spacial score (nSPS) is 13.5. The molecule has 0 spiro atoms. The van der Waals surface area contributed by atoms with Crippen molar-refractivity contribution in [1.29, 1.82) is 0 Å². The summed E-state index contributed by atoms with van der Waals surface area (Å²) in [7, 11) is 1.35.